The molecule has 1 N–H and O–H groups in total. The maximum Gasteiger partial charge on any atom is 0.0294 e. The predicted molar refractivity (Wildman–Crippen MR) is 83.1 cm³/mol. The highest BCUT2D eigenvalue weighted by molar-refractivity contribution is 9.10. The van der Waals surface area contributed by atoms with Gasteiger partial charge in [-0.2, -0.15) is 0 Å². The molecule has 3 heteroatoms. The van der Waals surface area contributed by atoms with Gasteiger partial charge >= 0.3 is 0 Å². The molecule has 0 bridgehead atoms. The van der Waals surface area contributed by atoms with Crippen molar-refractivity contribution >= 4 is 28.3 Å². The molecule has 0 aromatic heterocycles. The lowest BCUT2D eigenvalue weighted by molar-refractivity contribution is 0.575. The van der Waals surface area contributed by atoms with Crippen LogP contribution in [0.4, 0.5) is 0 Å². The summed E-state index contributed by atoms with van der Waals surface area (Å²) in [4.78, 5) is 0. The minimum absolute atomic E-state index is 0. The van der Waals surface area contributed by atoms with Crippen LogP contribution in [-0.2, 0) is 6.54 Å². The first kappa shape index (κ1) is 15.2. The molecule has 0 aliphatic carbocycles. The van der Waals surface area contributed by atoms with Crippen molar-refractivity contribution in [1.82, 2.24) is 5.32 Å². The average Bonchev–Trinajstić information content (AvgIpc) is 2.39. The molecule has 1 atom stereocenters. The van der Waals surface area contributed by atoms with Crippen LogP contribution in [-0.4, -0.2) is 0 Å². The van der Waals surface area contributed by atoms with Crippen LogP contribution in [0.3, 0.4) is 0 Å². The maximum atomic E-state index is 3.52. The first-order valence-electron chi connectivity index (χ1n) is 5.78. The minimum atomic E-state index is 0. The standard InChI is InChI=1S/C15H16BrN.ClH/c1-12(14-5-3-2-4-6-14)17-11-13-7-9-15(16)10-8-13;/h2-10,12,17H,11H2,1H3;1H. The van der Waals surface area contributed by atoms with Crippen LogP contribution in [0.25, 0.3) is 0 Å². The molecule has 18 heavy (non-hydrogen) atoms. The van der Waals surface area contributed by atoms with E-state index in [1.165, 1.54) is 11.1 Å². The van der Waals surface area contributed by atoms with Gasteiger partial charge in [-0.15, -0.1) is 12.4 Å². The first-order chi connectivity index (χ1) is 8.25. The van der Waals surface area contributed by atoms with Crippen molar-refractivity contribution in [2.24, 2.45) is 0 Å². The highest BCUT2D eigenvalue weighted by Gasteiger charge is 2.03. The van der Waals surface area contributed by atoms with E-state index >= 15 is 0 Å². The second-order valence-corrected chi connectivity index (χ2v) is 5.06. The number of halogens is 2. The first-order valence-corrected chi connectivity index (χ1v) is 6.58. The van der Waals surface area contributed by atoms with Crippen molar-refractivity contribution in [2.75, 3.05) is 0 Å². The minimum Gasteiger partial charge on any atom is -0.306 e. The van der Waals surface area contributed by atoms with E-state index in [4.69, 9.17) is 0 Å². The Kier molecular flexibility index (Phi) is 6.41. The molecule has 0 spiro atoms. The van der Waals surface area contributed by atoms with Crippen molar-refractivity contribution in [2.45, 2.75) is 19.5 Å². The fourth-order valence-electron chi connectivity index (χ4n) is 1.73. The molecule has 0 radical (unpaired) electrons. The predicted octanol–water partition coefficient (Wildman–Crippen LogP) is 4.72. The van der Waals surface area contributed by atoms with E-state index in [9.17, 15) is 0 Å². The van der Waals surface area contributed by atoms with E-state index in [1.54, 1.807) is 0 Å². The third-order valence-corrected chi connectivity index (χ3v) is 3.35. The van der Waals surface area contributed by atoms with Crippen molar-refractivity contribution < 1.29 is 0 Å². The summed E-state index contributed by atoms with van der Waals surface area (Å²) in [7, 11) is 0. The molecule has 0 saturated heterocycles. The molecule has 2 aromatic rings. The Morgan fingerprint density at radius 3 is 2.22 bits per heavy atom. The van der Waals surface area contributed by atoms with Crippen LogP contribution in [0.5, 0.6) is 0 Å². The van der Waals surface area contributed by atoms with Gasteiger partial charge in [0.15, 0.2) is 0 Å². The normalized spacial score (nSPS) is 11.7. The SMILES string of the molecule is CC(NCc1ccc(Br)cc1)c1ccccc1.Cl. The molecule has 96 valence electrons. The Labute approximate surface area is 123 Å². The summed E-state index contributed by atoms with van der Waals surface area (Å²) in [5.41, 5.74) is 2.63. The molecule has 2 rings (SSSR count). The van der Waals surface area contributed by atoms with Crippen LogP contribution in [0, 0.1) is 0 Å². The molecular formula is C15H17BrClN. The maximum absolute atomic E-state index is 3.52. The number of hydrogen-bond donors (Lipinski definition) is 1. The van der Waals surface area contributed by atoms with E-state index < -0.39 is 0 Å². The van der Waals surface area contributed by atoms with Crippen LogP contribution in [0.15, 0.2) is 59.1 Å². The molecule has 0 aliphatic rings. The lowest BCUT2D eigenvalue weighted by Gasteiger charge is -2.14. The molecule has 0 aliphatic heterocycles. The molecule has 1 unspecified atom stereocenters. The summed E-state index contributed by atoms with van der Waals surface area (Å²) in [6.45, 7) is 3.08. The van der Waals surface area contributed by atoms with Gasteiger partial charge in [-0.25, -0.2) is 0 Å². The Morgan fingerprint density at radius 2 is 1.61 bits per heavy atom. The third kappa shape index (κ3) is 4.45. The smallest absolute Gasteiger partial charge is 0.0294 e. The molecule has 0 heterocycles. The van der Waals surface area contributed by atoms with E-state index in [0.29, 0.717) is 6.04 Å². The van der Waals surface area contributed by atoms with Gasteiger partial charge in [0.2, 0.25) is 0 Å². The zero-order valence-corrected chi connectivity index (χ0v) is 12.7. The molecule has 0 saturated carbocycles. The van der Waals surface area contributed by atoms with E-state index in [2.05, 4.69) is 76.7 Å². The summed E-state index contributed by atoms with van der Waals surface area (Å²) in [6, 6.07) is 19.3. The lowest BCUT2D eigenvalue weighted by atomic mass is 10.1. The number of hydrogen-bond acceptors (Lipinski definition) is 1. The van der Waals surface area contributed by atoms with Gasteiger partial charge in [-0.3, -0.25) is 0 Å². The lowest BCUT2D eigenvalue weighted by Crippen LogP contribution is -2.17. The number of nitrogens with one attached hydrogen (secondary N) is 1. The van der Waals surface area contributed by atoms with Gasteiger partial charge < -0.3 is 5.32 Å². The Morgan fingerprint density at radius 1 is 1.00 bits per heavy atom. The van der Waals surface area contributed by atoms with Crippen molar-refractivity contribution in [1.29, 1.82) is 0 Å². The quantitative estimate of drug-likeness (QED) is 0.857. The van der Waals surface area contributed by atoms with E-state index in [1.807, 2.05) is 6.07 Å². The highest BCUT2D eigenvalue weighted by Crippen LogP contribution is 2.14. The Balaban J connectivity index is 0.00000162. The van der Waals surface area contributed by atoms with Gasteiger partial charge in [-0.1, -0.05) is 58.4 Å². The van der Waals surface area contributed by atoms with Crippen LogP contribution >= 0.6 is 28.3 Å². The Hall–Kier alpha value is -0.830. The number of rotatable bonds is 4. The van der Waals surface area contributed by atoms with Gasteiger partial charge in [0.25, 0.3) is 0 Å². The van der Waals surface area contributed by atoms with Crippen LogP contribution < -0.4 is 5.32 Å². The van der Waals surface area contributed by atoms with Gasteiger partial charge in [-0.05, 0) is 30.2 Å². The monoisotopic (exact) mass is 325 g/mol. The molecule has 1 nitrogen and oxygen atoms in total. The van der Waals surface area contributed by atoms with Gasteiger partial charge in [0.05, 0.1) is 0 Å². The van der Waals surface area contributed by atoms with Crippen molar-refractivity contribution in [3.8, 4) is 0 Å². The van der Waals surface area contributed by atoms with E-state index in [-0.39, 0.29) is 12.4 Å². The summed E-state index contributed by atoms with van der Waals surface area (Å²) in [5, 5.41) is 3.52. The highest BCUT2D eigenvalue weighted by atomic mass is 79.9. The third-order valence-electron chi connectivity index (χ3n) is 2.83. The topological polar surface area (TPSA) is 12.0 Å². The van der Waals surface area contributed by atoms with Crippen molar-refractivity contribution in [3.05, 3.63) is 70.2 Å². The second-order valence-electron chi connectivity index (χ2n) is 4.14. The summed E-state index contributed by atoms with van der Waals surface area (Å²) in [6.07, 6.45) is 0. The zero-order chi connectivity index (χ0) is 12.1. The van der Waals surface area contributed by atoms with Crippen LogP contribution in [0.2, 0.25) is 0 Å². The molecule has 0 amide bonds. The zero-order valence-electron chi connectivity index (χ0n) is 10.3. The molecular weight excluding hydrogens is 310 g/mol. The summed E-state index contributed by atoms with van der Waals surface area (Å²) >= 11 is 3.44. The largest absolute Gasteiger partial charge is 0.306 e. The fourth-order valence-corrected chi connectivity index (χ4v) is 2.00. The number of benzene rings is 2. The van der Waals surface area contributed by atoms with Crippen molar-refractivity contribution in [3.63, 3.8) is 0 Å². The fraction of sp³-hybridized carbons (Fsp3) is 0.200. The summed E-state index contributed by atoms with van der Waals surface area (Å²) < 4.78 is 1.12. The molecule has 2 aromatic carbocycles. The van der Waals surface area contributed by atoms with E-state index in [0.717, 1.165) is 11.0 Å². The Bertz CT molecular complexity index is 456. The molecule has 0 fully saturated rings. The second kappa shape index (κ2) is 7.57. The van der Waals surface area contributed by atoms with Gasteiger partial charge in [0.1, 0.15) is 0 Å². The van der Waals surface area contributed by atoms with Crippen LogP contribution in [0.1, 0.15) is 24.1 Å². The average molecular weight is 327 g/mol. The summed E-state index contributed by atoms with van der Waals surface area (Å²) in [5.74, 6) is 0. The van der Waals surface area contributed by atoms with Gasteiger partial charge in [0, 0.05) is 17.1 Å².